The Morgan fingerprint density at radius 1 is 1.00 bits per heavy atom. The molecule has 11 heteroatoms. The molecule has 2 heterocycles. The number of hydrogen-bond donors (Lipinski definition) is 2. The summed E-state index contributed by atoms with van der Waals surface area (Å²) in [5.74, 6) is -0.194. The zero-order chi connectivity index (χ0) is 26.7. The number of nitrogens with one attached hydrogen (secondary N) is 2. The fraction of sp³-hybridized carbons (Fsp3) is 0.259. The van der Waals surface area contributed by atoms with E-state index in [2.05, 4.69) is 45.0 Å². The fourth-order valence-corrected chi connectivity index (χ4v) is 6.60. The highest BCUT2D eigenvalue weighted by molar-refractivity contribution is 7.92. The van der Waals surface area contributed by atoms with Crippen molar-refractivity contribution in [3.8, 4) is 0 Å². The first-order valence-electron chi connectivity index (χ1n) is 12.3. The van der Waals surface area contributed by atoms with Crippen molar-refractivity contribution in [2.24, 2.45) is 0 Å². The third-order valence-electron chi connectivity index (χ3n) is 6.49. The van der Waals surface area contributed by atoms with E-state index in [0.717, 1.165) is 43.4 Å². The number of hydrogen-bond acceptors (Lipinski definition) is 7. The van der Waals surface area contributed by atoms with Gasteiger partial charge in [-0.2, -0.15) is 0 Å². The summed E-state index contributed by atoms with van der Waals surface area (Å²) in [6, 6.07) is 18.6. The van der Waals surface area contributed by atoms with Gasteiger partial charge in [-0.25, -0.2) is 13.4 Å². The lowest BCUT2D eigenvalue weighted by Crippen LogP contribution is -2.48. The summed E-state index contributed by atoms with van der Waals surface area (Å²) >= 11 is 7.57. The number of benzene rings is 3. The molecule has 1 saturated heterocycles. The monoisotopic (exact) mass is 569 g/mol. The maximum absolute atomic E-state index is 12.6. The summed E-state index contributed by atoms with van der Waals surface area (Å²) < 4.78 is 28.8. The number of aromatic nitrogens is 1. The van der Waals surface area contributed by atoms with Crippen molar-refractivity contribution in [3.63, 3.8) is 0 Å². The van der Waals surface area contributed by atoms with Crippen LogP contribution in [0.15, 0.2) is 71.6 Å². The molecule has 0 saturated carbocycles. The summed E-state index contributed by atoms with van der Waals surface area (Å²) in [7, 11) is -3.74. The number of carbonyl (C=O) groups is 1. The molecule has 1 aliphatic heterocycles. The van der Waals surface area contributed by atoms with Gasteiger partial charge in [-0.05, 0) is 67.1 Å². The normalized spacial score (nSPS) is 14.5. The van der Waals surface area contributed by atoms with Crippen molar-refractivity contribution in [3.05, 3.63) is 82.9 Å². The first kappa shape index (κ1) is 26.4. The number of carbonyl (C=O) groups excluding carboxylic acids is 1. The molecule has 4 aromatic rings. The van der Waals surface area contributed by atoms with E-state index < -0.39 is 10.0 Å². The maximum atomic E-state index is 12.6. The fourth-order valence-electron chi connectivity index (χ4n) is 4.32. The second-order valence-corrected chi connectivity index (χ2v) is 12.3. The molecule has 0 atom stereocenters. The van der Waals surface area contributed by atoms with Gasteiger partial charge in [-0.15, -0.1) is 0 Å². The second kappa shape index (κ2) is 11.3. The standard InChI is InChI=1S/C27H28ClN5O3S2/c1-19-3-2-4-24-25(19)30-27(37-24)33-17-15-32(16-18-33)14-13-29-26(34)20-5-9-22(10-6-20)31-38(35,36)23-11-7-21(28)8-12-23/h2-12,31H,13-18H2,1H3,(H,29,34). The molecule has 38 heavy (non-hydrogen) atoms. The minimum Gasteiger partial charge on any atom is -0.351 e. The van der Waals surface area contributed by atoms with Crippen molar-refractivity contribution >= 4 is 59.9 Å². The molecule has 0 spiro atoms. The molecule has 1 aliphatic rings. The lowest BCUT2D eigenvalue weighted by atomic mass is 10.2. The van der Waals surface area contributed by atoms with Crippen LogP contribution in [-0.4, -0.2) is 63.5 Å². The third-order valence-corrected chi connectivity index (χ3v) is 9.22. The maximum Gasteiger partial charge on any atom is 0.261 e. The van der Waals surface area contributed by atoms with Crippen molar-refractivity contribution < 1.29 is 13.2 Å². The Kier molecular flexibility index (Phi) is 7.85. The second-order valence-electron chi connectivity index (χ2n) is 9.14. The Morgan fingerprint density at radius 2 is 1.71 bits per heavy atom. The Morgan fingerprint density at radius 3 is 2.39 bits per heavy atom. The van der Waals surface area contributed by atoms with Crippen LogP contribution < -0.4 is 14.9 Å². The molecule has 2 N–H and O–H groups in total. The summed E-state index contributed by atoms with van der Waals surface area (Å²) in [6.45, 7) is 7.01. The number of anilines is 2. The molecule has 1 fully saturated rings. The SMILES string of the molecule is Cc1cccc2sc(N3CCN(CCNC(=O)c4ccc(NS(=O)(=O)c5ccc(Cl)cc5)cc4)CC3)nc12. The average molecular weight is 570 g/mol. The summed E-state index contributed by atoms with van der Waals surface area (Å²) in [5.41, 5.74) is 3.13. The molecule has 3 aromatic carbocycles. The van der Waals surface area contributed by atoms with Crippen molar-refractivity contribution in [2.75, 3.05) is 48.9 Å². The number of para-hydroxylation sites is 1. The van der Waals surface area contributed by atoms with Crippen LogP contribution in [0.2, 0.25) is 5.02 Å². The van der Waals surface area contributed by atoms with Gasteiger partial charge in [0.15, 0.2) is 5.13 Å². The first-order valence-corrected chi connectivity index (χ1v) is 15.0. The Hall–Kier alpha value is -3.18. The molecule has 5 rings (SSSR count). The van der Waals surface area contributed by atoms with Gasteiger partial charge < -0.3 is 10.2 Å². The number of fused-ring (bicyclic) bond motifs is 1. The molecule has 0 aliphatic carbocycles. The predicted octanol–water partition coefficient (Wildman–Crippen LogP) is 4.61. The smallest absolute Gasteiger partial charge is 0.261 e. The zero-order valence-corrected chi connectivity index (χ0v) is 23.2. The van der Waals surface area contributed by atoms with E-state index in [1.807, 2.05) is 0 Å². The van der Waals surface area contributed by atoms with Gasteiger partial charge in [0.2, 0.25) is 0 Å². The minimum absolute atomic E-state index is 0.111. The molecule has 198 valence electrons. The lowest BCUT2D eigenvalue weighted by molar-refractivity contribution is 0.0948. The molecule has 1 amide bonds. The van der Waals surface area contributed by atoms with Crippen LogP contribution in [0.25, 0.3) is 10.2 Å². The van der Waals surface area contributed by atoms with Gasteiger partial charge in [0.1, 0.15) is 0 Å². The molecule has 0 unspecified atom stereocenters. The van der Waals surface area contributed by atoms with Crippen molar-refractivity contribution in [1.29, 1.82) is 0 Å². The van der Waals surface area contributed by atoms with Gasteiger partial charge >= 0.3 is 0 Å². The number of halogens is 1. The van der Waals surface area contributed by atoms with E-state index in [0.29, 0.717) is 22.8 Å². The van der Waals surface area contributed by atoms with Crippen LogP contribution in [0, 0.1) is 6.92 Å². The van der Waals surface area contributed by atoms with Gasteiger partial charge in [-0.3, -0.25) is 14.4 Å². The molecule has 1 aromatic heterocycles. The highest BCUT2D eigenvalue weighted by atomic mass is 35.5. The highest BCUT2D eigenvalue weighted by Crippen LogP contribution is 2.31. The number of aryl methyl sites for hydroxylation is 1. The van der Waals surface area contributed by atoms with Gasteiger partial charge in [0, 0.05) is 55.5 Å². The molecule has 0 radical (unpaired) electrons. The van der Waals surface area contributed by atoms with E-state index in [1.54, 1.807) is 35.6 Å². The molecular weight excluding hydrogens is 542 g/mol. The number of nitrogens with zero attached hydrogens (tertiary/aromatic N) is 3. The topological polar surface area (TPSA) is 94.6 Å². The number of thiazole rings is 1. The minimum atomic E-state index is -3.74. The predicted molar refractivity (Wildman–Crippen MR) is 154 cm³/mol. The highest BCUT2D eigenvalue weighted by Gasteiger charge is 2.20. The lowest BCUT2D eigenvalue weighted by Gasteiger charge is -2.34. The first-order chi connectivity index (χ1) is 18.3. The van der Waals surface area contributed by atoms with E-state index in [4.69, 9.17) is 16.6 Å². The van der Waals surface area contributed by atoms with Crippen LogP contribution in [0.4, 0.5) is 10.8 Å². The Balaban J connectivity index is 1.07. The Labute approximate surface area is 231 Å². The van der Waals surface area contributed by atoms with Crippen molar-refractivity contribution in [1.82, 2.24) is 15.2 Å². The largest absolute Gasteiger partial charge is 0.351 e. The van der Waals surface area contributed by atoms with Crippen LogP contribution >= 0.6 is 22.9 Å². The van der Waals surface area contributed by atoms with Crippen molar-refractivity contribution in [2.45, 2.75) is 11.8 Å². The summed E-state index contributed by atoms with van der Waals surface area (Å²) in [6.07, 6.45) is 0. The number of amides is 1. The molecule has 0 bridgehead atoms. The van der Waals surface area contributed by atoms with Gasteiger partial charge in [-0.1, -0.05) is 35.1 Å². The average Bonchev–Trinajstić information content (AvgIpc) is 3.35. The van der Waals surface area contributed by atoms with Crippen LogP contribution in [-0.2, 0) is 10.0 Å². The number of rotatable bonds is 8. The van der Waals surface area contributed by atoms with Crippen LogP contribution in [0.1, 0.15) is 15.9 Å². The number of piperazine rings is 1. The van der Waals surface area contributed by atoms with E-state index in [-0.39, 0.29) is 10.8 Å². The Bertz CT molecular complexity index is 1530. The molecular formula is C27H28ClN5O3S2. The summed E-state index contributed by atoms with van der Waals surface area (Å²) in [4.78, 5) is 22.2. The zero-order valence-electron chi connectivity index (χ0n) is 20.9. The van der Waals surface area contributed by atoms with E-state index in [9.17, 15) is 13.2 Å². The van der Waals surface area contributed by atoms with Crippen LogP contribution in [0.3, 0.4) is 0 Å². The van der Waals surface area contributed by atoms with Gasteiger partial charge in [0.05, 0.1) is 15.1 Å². The van der Waals surface area contributed by atoms with E-state index >= 15 is 0 Å². The van der Waals surface area contributed by atoms with E-state index in [1.165, 1.54) is 34.5 Å². The molecule has 8 nitrogen and oxygen atoms in total. The third kappa shape index (κ3) is 6.10. The van der Waals surface area contributed by atoms with Crippen LogP contribution in [0.5, 0.6) is 0 Å². The summed E-state index contributed by atoms with van der Waals surface area (Å²) in [5, 5.41) is 4.49. The number of sulfonamides is 1. The van der Waals surface area contributed by atoms with Gasteiger partial charge in [0.25, 0.3) is 15.9 Å². The quantitative estimate of drug-likeness (QED) is 0.322.